The molecule has 0 aromatic carbocycles. The van der Waals surface area contributed by atoms with E-state index in [1.807, 2.05) is 0 Å². The molecule has 3 nitrogen and oxygen atoms in total. The minimum atomic E-state index is 0.797. The average molecular weight is 198 g/mol. The van der Waals surface area contributed by atoms with Gasteiger partial charge in [-0.25, -0.2) is 0 Å². The predicted octanol–water partition coefficient (Wildman–Crippen LogP) is 0.801. The maximum Gasteiger partial charge on any atom is 0.0589 e. The Bertz CT molecular complexity index is 186. The number of fused-ring (bicyclic) bond motifs is 4. The van der Waals surface area contributed by atoms with Crippen LogP contribution in [0.1, 0.15) is 19.3 Å². The molecule has 2 atom stereocenters. The van der Waals surface area contributed by atoms with E-state index in [9.17, 15) is 0 Å². The molecule has 1 unspecified atom stereocenters. The molecule has 14 heavy (non-hydrogen) atoms. The first-order valence-electron chi connectivity index (χ1n) is 5.74. The standard InChI is InChI=1S/C11H22N2O/c1-12-6-5-10-3-4-11(12)9-13(10)7-8-14-2/h10-11H,3-9H2,1-2H3/t10-,11?/m0/s1. The summed E-state index contributed by atoms with van der Waals surface area (Å²) in [5.74, 6) is 0. The normalized spacial score (nSPS) is 34.7. The maximum absolute atomic E-state index is 5.16. The van der Waals surface area contributed by atoms with Gasteiger partial charge in [0, 0.05) is 32.3 Å². The molecular formula is C11H22N2O. The zero-order valence-corrected chi connectivity index (χ0v) is 9.41. The molecule has 3 heteroatoms. The molecule has 0 spiro atoms. The van der Waals surface area contributed by atoms with E-state index in [2.05, 4.69) is 16.8 Å². The van der Waals surface area contributed by atoms with Crippen LogP contribution in [0.4, 0.5) is 0 Å². The van der Waals surface area contributed by atoms with Crippen molar-refractivity contribution in [3.05, 3.63) is 0 Å². The van der Waals surface area contributed by atoms with Crippen molar-refractivity contribution in [2.24, 2.45) is 0 Å². The highest BCUT2D eigenvalue weighted by Gasteiger charge is 2.33. The summed E-state index contributed by atoms with van der Waals surface area (Å²) in [6, 6.07) is 1.62. The largest absolute Gasteiger partial charge is 0.383 e. The minimum absolute atomic E-state index is 0.797. The lowest BCUT2D eigenvalue weighted by Crippen LogP contribution is -2.47. The smallest absolute Gasteiger partial charge is 0.0589 e. The number of piperidine rings is 1. The lowest BCUT2D eigenvalue weighted by Gasteiger charge is -2.37. The molecule has 3 rings (SSSR count). The zero-order valence-electron chi connectivity index (χ0n) is 9.41. The van der Waals surface area contributed by atoms with E-state index in [0.29, 0.717) is 0 Å². The van der Waals surface area contributed by atoms with Gasteiger partial charge < -0.3 is 9.64 Å². The van der Waals surface area contributed by atoms with Crippen LogP contribution >= 0.6 is 0 Å². The van der Waals surface area contributed by atoms with Gasteiger partial charge in [-0.15, -0.1) is 0 Å². The number of hydrogen-bond acceptors (Lipinski definition) is 3. The summed E-state index contributed by atoms with van der Waals surface area (Å²) in [7, 11) is 4.06. The maximum atomic E-state index is 5.16. The Balaban J connectivity index is 1.93. The third kappa shape index (κ3) is 2.10. The SMILES string of the molecule is COCCN1CC2CC[C@H]1CCN2C. The molecule has 3 aliphatic rings. The molecule has 0 N–H and O–H groups in total. The Morgan fingerprint density at radius 3 is 2.79 bits per heavy atom. The molecule has 3 fully saturated rings. The Morgan fingerprint density at radius 1 is 1.21 bits per heavy atom. The molecule has 0 aromatic heterocycles. The Labute approximate surface area is 87.0 Å². The lowest BCUT2D eigenvalue weighted by atomic mass is 9.99. The van der Waals surface area contributed by atoms with Crippen molar-refractivity contribution in [3.8, 4) is 0 Å². The van der Waals surface area contributed by atoms with Crippen molar-refractivity contribution >= 4 is 0 Å². The summed E-state index contributed by atoms with van der Waals surface area (Å²) in [4.78, 5) is 5.16. The predicted molar refractivity (Wildman–Crippen MR) is 57.5 cm³/mol. The summed E-state index contributed by atoms with van der Waals surface area (Å²) in [6.45, 7) is 4.53. The summed E-state index contributed by atoms with van der Waals surface area (Å²) >= 11 is 0. The fraction of sp³-hybridized carbons (Fsp3) is 1.00. The van der Waals surface area contributed by atoms with Crippen molar-refractivity contribution in [2.45, 2.75) is 31.3 Å². The zero-order chi connectivity index (χ0) is 9.97. The van der Waals surface area contributed by atoms with E-state index >= 15 is 0 Å². The van der Waals surface area contributed by atoms with Gasteiger partial charge in [-0.1, -0.05) is 0 Å². The van der Waals surface area contributed by atoms with Gasteiger partial charge in [0.1, 0.15) is 0 Å². The Morgan fingerprint density at radius 2 is 2.00 bits per heavy atom. The van der Waals surface area contributed by atoms with Gasteiger partial charge in [-0.05, 0) is 32.9 Å². The van der Waals surface area contributed by atoms with Gasteiger partial charge >= 0.3 is 0 Å². The Kier molecular flexibility index (Phi) is 3.42. The van der Waals surface area contributed by atoms with Crippen LogP contribution in [0.25, 0.3) is 0 Å². The van der Waals surface area contributed by atoms with Gasteiger partial charge in [0.25, 0.3) is 0 Å². The third-order valence-electron chi connectivity index (χ3n) is 3.82. The number of ether oxygens (including phenoxy) is 1. The van der Waals surface area contributed by atoms with Gasteiger partial charge in [0.15, 0.2) is 0 Å². The van der Waals surface area contributed by atoms with Crippen LogP contribution in [0.2, 0.25) is 0 Å². The van der Waals surface area contributed by atoms with Gasteiger partial charge in [0.2, 0.25) is 0 Å². The number of nitrogens with zero attached hydrogens (tertiary/aromatic N) is 2. The van der Waals surface area contributed by atoms with Crippen LogP contribution in [0.3, 0.4) is 0 Å². The van der Waals surface area contributed by atoms with Crippen LogP contribution < -0.4 is 0 Å². The Hall–Kier alpha value is -0.120. The monoisotopic (exact) mass is 198 g/mol. The van der Waals surface area contributed by atoms with E-state index < -0.39 is 0 Å². The number of methoxy groups -OCH3 is 1. The summed E-state index contributed by atoms with van der Waals surface area (Å²) in [5, 5.41) is 0. The molecule has 0 aromatic rings. The summed E-state index contributed by atoms with van der Waals surface area (Å²) in [6.07, 6.45) is 4.13. The fourth-order valence-corrected chi connectivity index (χ4v) is 2.78. The first-order chi connectivity index (χ1) is 6.81. The van der Waals surface area contributed by atoms with Gasteiger partial charge in [-0.2, -0.15) is 0 Å². The van der Waals surface area contributed by atoms with E-state index in [0.717, 1.165) is 25.2 Å². The second-order valence-corrected chi connectivity index (χ2v) is 4.64. The average Bonchev–Trinajstić information content (AvgIpc) is 2.47. The first-order valence-corrected chi connectivity index (χ1v) is 5.74. The third-order valence-corrected chi connectivity index (χ3v) is 3.82. The molecule has 0 amide bonds. The van der Waals surface area contributed by atoms with Crippen LogP contribution in [0.5, 0.6) is 0 Å². The van der Waals surface area contributed by atoms with Crippen molar-refractivity contribution in [2.75, 3.05) is 40.4 Å². The fourth-order valence-electron chi connectivity index (χ4n) is 2.78. The van der Waals surface area contributed by atoms with E-state index in [4.69, 9.17) is 4.74 Å². The molecule has 2 bridgehead atoms. The second kappa shape index (κ2) is 4.60. The van der Waals surface area contributed by atoms with E-state index in [-0.39, 0.29) is 0 Å². The highest BCUT2D eigenvalue weighted by molar-refractivity contribution is 4.90. The minimum Gasteiger partial charge on any atom is -0.383 e. The number of likely N-dealkylation sites (N-methyl/N-ethyl adjacent to an activating group) is 1. The molecule has 3 heterocycles. The second-order valence-electron chi connectivity index (χ2n) is 4.64. The number of hydrogen-bond donors (Lipinski definition) is 0. The molecule has 0 radical (unpaired) electrons. The van der Waals surface area contributed by atoms with Crippen LogP contribution in [-0.2, 0) is 4.74 Å². The van der Waals surface area contributed by atoms with Crippen molar-refractivity contribution in [1.29, 1.82) is 0 Å². The first kappa shape index (κ1) is 10.4. The molecule has 0 saturated carbocycles. The van der Waals surface area contributed by atoms with E-state index in [1.54, 1.807) is 7.11 Å². The van der Waals surface area contributed by atoms with Crippen molar-refractivity contribution in [3.63, 3.8) is 0 Å². The topological polar surface area (TPSA) is 15.7 Å². The quantitative estimate of drug-likeness (QED) is 0.667. The van der Waals surface area contributed by atoms with Crippen molar-refractivity contribution in [1.82, 2.24) is 9.80 Å². The van der Waals surface area contributed by atoms with Gasteiger partial charge in [-0.3, -0.25) is 4.90 Å². The van der Waals surface area contributed by atoms with Crippen LogP contribution in [0, 0.1) is 0 Å². The van der Waals surface area contributed by atoms with Gasteiger partial charge in [0.05, 0.1) is 6.61 Å². The molecule has 0 aliphatic carbocycles. The molecule has 82 valence electrons. The van der Waals surface area contributed by atoms with Crippen molar-refractivity contribution < 1.29 is 4.74 Å². The number of rotatable bonds is 3. The van der Waals surface area contributed by atoms with Crippen LogP contribution in [0.15, 0.2) is 0 Å². The highest BCUT2D eigenvalue weighted by atomic mass is 16.5. The van der Waals surface area contributed by atoms with Crippen LogP contribution in [-0.4, -0.2) is 62.3 Å². The van der Waals surface area contributed by atoms with E-state index in [1.165, 1.54) is 32.4 Å². The highest BCUT2D eigenvalue weighted by Crippen LogP contribution is 2.26. The summed E-state index contributed by atoms with van der Waals surface area (Å²) < 4.78 is 5.16. The molecule has 3 saturated heterocycles. The lowest BCUT2D eigenvalue weighted by molar-refractivity contribution is 0.0808. The molecular weight excluding hydrogens is 176 g/mol. The summed E-state index contributed by atoms with van der Waals surface area (Å²) in [5.41, 5.74) is 0. The molecule has 3 aliphatic heterocycles.